The molecule has 6 nitrogen and oxygen atoms in total. The summed E-state index contributed by atoms with van der Waals surface area (Å²) >= 11 is 0. The van der Waals surface area contributed by atoms with E-state index in [-0.39, 0.29) is 11.8 Å². The molecule has 0 bridgehead atoms. The van der Waals surface area contributed by atoms with Crippen molar-refractivity contribution in [3.63, 3.8) is 0 Å². The van der Waals surface area contributed by atoms with Crippen LogP contribution in [0.25, 0.3) is 0 Å². The Balaban J connectivity index is 3.07. The fourth-order valence-corrected chi connectivity index (χ4v) is 1.53. The van der Waals surface area contributed by atoms with E-state index in [1.165, 1.54) is 0 Å². The predicted octanol–water partition coefficient (Wildman–Crippen LogP) is 1.87. The number of nitrogens with one attached hydrogen (secondary N) is 1. The molecule has 0 fully saturated rings. The number of carbonyl (C=O) groups is 1. The van der Waals surface area contributed by atoms with E-state index < -0.39 is 0 Å². The Morgan fingerprint density at radius 3 is 1.61 bits per heavy atom. The van der Waals surface area contributed by atoms with Gasteiger partial charge in [0.15, 0.2) is 0 Å². The van der Waals surface area contributed by atoms with E-state index in [9.17, 15) is 4.79 Å². The average molecular weight is 333 g/mol. The minimum atomic E-state index is 0.0129. The largest absolute Gasteiger partial charge is 0.379 e. The van der Waals surface area contributed by atoms with Crippen LogP contribution in [-0.2, 0) is 23.7 Å². The normalized spacial score (nSPS) is 11.4. The molecule has 0 aliphatic carbocycles. The maximum Gasteiger partial charge on any atom is 0.222 e. The van der Waals surface area contributed by atoms with Gasteiger partial charge in [-0.2, -0.15) is 0 Å². The van der Waals surface area contributed by atoms with Crippen LogP contribution in [0.3, 0.4) is 0 Å². The van der Waals surface area contributed by atoms with Gasteiger partial charge in [0.2, 0.25) is 5.91 Å². The van der Waals surface area contributed by atoms with E-state index in [4.69, 9.17) is 18.9 Å². The second-order valence-corrected chi connectivity index (χ2v) is 6.08. The zero-order chi connectivity index (χ0) is 17.3. The Kier molecular flexibility index (Phi) is 15.7. The van der Waals surface area contributed by atoms with Crippen LogP contribution in [0.2, 0.25) is 0 Å². The first-order valence-electron chi connectivity index (χ1n) is 8.62. The van der Waals surface area contributed by atoms with Crippen molar-refractivity contribution < 1.29 is 23.7 Å². The Morgan fingerprint density at radius 2 is 1.17 bits per heavy atom. The number of hydrogen-bond donors (Lipinski definition) is 1. The molecule has 0 aromatic carbocycles. The highest BCUT2D eigenvalue weighted by molar-refractivity contribution is 5.77. The van der Waals surface area contributed by atoms with Crippen molar-refractivity contribution in [1.82, 2.24) is 5.32 Å². The van der Waals surface area contributed by atoms with Gasteiger partial charge in [-0.25, -0.2) is 0 Å². The lowest BCUT2D eigenvalue weighted by atomic mass is 10.1. The van der Waals surface area contributed by atoms with E-state index >= 15 is 0 Å². The highest BCUT2D eigenvalue weighted by Crippen LogP contribution is 1.98. The minimum absolute atomic E-state index is 0.0129. The third-order valence-corrected chi connectivity index (χ3v) is 3.03. The number of carbonyl (C=O) groups excluding carboxylic acids is 1. The molecule has 0 radical (unpaired) electrons. The molecule has 0 spiro atoms. The molecule has 6 heteroatoms. The van der Waals surface area contributed by atoms with Gasteiger partial charge in [-0.05, 0) is 12.3 Å². The van der Waals surface area contributed by atoms with E-state index in [0.717, 1.165) is 13.0 Å². The Morgan fingerprint density at radius 1 is 0.739 bits per heavy atom. The third-order valence-electron chi connectivity index (χ3n) is 3.03. The zero-order valence-corrected chi connectivity index (χ0v) is 15.3. The molecule has 0 aromatic rings. The summed E-state index contributed by atoms with van der Waals surface area (Å²) in [4.78, 5) is 11.3. The van der Waals surface area contributed by atoms with Crippen molar-refractivity contribution >= 4 is 5.91 Å². The lowest BCUT2D eigenvalue weighted by Crippen LogP contribution is -2.31. The first-order chi connectivity index (χ1) is 11.0. The number of amides is 1. The van der Waals surface area contributed by atoms with Crippen LogP contribution < -0.4 is 5.32 Å². The van der Waals surface area contributed by atoms with Crippen LogP contribution in [0, 0.1) is 11.8 Å². The molecule has 0 unspecified atom stereocenters. The summed E-state index contributed by atoms with van der Waals surface area (Å²) in [6, 6.07) is 0. The van der Waals surface area contributed by atoms with Crippen LogP contribution in [0.15, 0.2) is 0 Å². The van der Waals surface area contributed by atoms with E-state index in [0.29, 0.717) is 58.7 Å². The van der Waals surface area contributed by atoms with Gasteiger partial charge in [0.25, 0.3) is 0 Å². The molecule has 0 atom stereocenters. The average Bonchev–Trinajstić information content (AvgIpc) is 2.50. The first kappa shape index (κ1) is 22.3. The van der Waals surface area contributed by atoms with Gasteiger partial charge in [-0.15, -0.1) is 0 Å². The Hall–Kier alpha value is -0.690. The number of ether oxygens (including phenoxy) is 4. The highest BCUT2D eigenvalue weighted by Gasteiger charge is 2.04. The number of hydrogen-bond acceptors (Lipinski definition) is 5. The van der Waals surface area contributed by atoms with Crippen LogP contribution in [0.4, 0.5) is 0 Å². The van der Waals surface area contributed by atoms with Gasteiger partial charge in [0.1, 0.15) is 0 Å². The van der Waals surface area contributed by atoms with E-state index in [1.54, 1.807) is 0 Å². The molecule has 0 saturated carbocycles. The van der Waals surface area contributed by atoms with Crippen molar-refractivity contribution in [2.24, 2.45) is 11.8 Å². The van der Waals surface area contributed by atoms with Crippen LogP contribution in [0.1, 0.15) is 34.1 Å². The van der Waals surface area contributed by atoms with Crippen molar-refractivity contribution in [2.45, 2.75) is 34.1 Å². The van der Waals surface area contributed by atoms with E-state index in [1.807, 2.05) is 13.8 Å². The standard InChI is InChI=1S/C17H35NO5/c1-15(2)5-7-20-9-11-22-13-14-23-12-10-21-8-6-18-17(19)16(3)4/h15-16H,5-14H2,1-4H3,(H,18,19). The summed E-state index contributed by atoms with van der Waals surface area (Å²) in [5.74, 6) is 0.743. The molecule has 1 amide bonds. The second kappa shape index (κ2) is 16.2. The molecule has 0 aromatic heterocycles. The van der Waals surface area contributed by atoms with Gasteiger partial charge >= 0.3 is 0 Å². The molecule has 0 rings (SSSR count). The van der Waals surface area contributed by atoms with Crippen molar-refractivity contribution in [2.75, 3.05) is 59.4 Å². The monoisotopic (exact) mass is 333 g/mol. The summed E-state index contributed by atoms with van der Waals surface area (Å²) in [6.07, 6.45) is 1.09. The smallest absolute Gasteiger partial charge is 0.222 e. The molecule has 0 aliphatic rings. The number of rotatable bonds is 16. The van der Waals surface area contributed by atoms with Crippen LogP contribution in [-0.4, -0.2) is 65.3 Å². The van der Waals surface area contributed by atoms with Crippen LogP contribution >= 0.6 is 0 Å². The maximum absolute atomic E-state index is 11.3. The van der Waals surface area contributed by atoms with Crippen molar-refractivity contribution in [3.05, 3.63) is 0 Å². The van der Waals surface area contributed by atoms with Crippen molar-refractivity contribution in [3.8, 4) is 0 Å². The fourth-order valence-electron chi connectivity index (χ4n) is 1.53. The summed E-state index contributed by atoms with van der Waals surface area (Å²) in [6.45, 7) is 13.4. The Labute approximate surface area is 141 Å². The predicted molar refractivity (Wildman–Crippen MR) is 90.6 cm³/mol. The van der Waals surface area contributed by atoms with Gasteiger partial charge in [-0.1, -0.05) is 27.7 Å². The molecular weight excluding hydrogens is 298 g/mol. The quantitative estimate of drug-likeness (QED) is 0.437. The minimum Gasteiger partial charge on any atom is -0.379 e. The molecule has 23 heavy (non-hydrogen) atoms. The van der Waals surface area contributed by atoms with Crippen LogP contribution in [0.5, 0.6) is 0 Å². The fraction of sp³-hybridized carbons (Fsp3) is 0.941. The van der Waals surface area contributed by atoms with Gasteiger partial charge in [0.05, 0.1) is 46.2 Å². The molecule has 0 aliphatic heterocycles. The SMILES string of the molecule is CC(C)CCOCCOCCOCCOCCNC(=O)C(C)C. The Bertz CT molecular complexity index is 272. The summed E-state index contributed by atoms with van der Waals surface area (Å²) in [7, 11) is 0. The molecular formula is C17H35NO5. The maximum atomic E-state index is 11.3. The lowest BCUT2D eigenvalue weighted by Gasteiger charge is -2.09. The summed E-state index contributed by atoms with van der Waals surface area (Å²) < 4.78 is 21.6. The lowest BCUT2D eigenvalue weighted by molar-refractivity contribution is -0.124. The molecule has 0 heterocycles. The summed E-state index contributed by atoms with van der Waals surface area (Å²) in [5.41, 5.74) is 0. The first-order valence-corrected chi connectivity index (χ1v) is 8.62. The second-order valence-electron chi connectivity index (χ2n) is 6.08. The topological polar surface area (TPSA) is 66.0 Å². The van der Waals surface area contributed by atoms with E-state index in [2.05, 4.69) is 19.2 Å². The van der Waals surface area contributed by atoms with Gasteiger partial charge < -0.3 is 24.3 Å². The van der Waals surface area contributed by atoms with Gasteiger partial charge in [-0.3, -0.25) is 4.79 Å². The molecule has 1 N–H and O–H groups in total. The molecule has 138 valence electrons. The highest BCUT2D eigenvalue weighted by atomic mass is 16.6. The molecule has 0 saturated heterocycles. The third kappa shape index (κ3) is 17.5. The van der Waals surface area contributed by atoms with Crippen molar-refractivity contribution in [1.29, 1.82) is 0 Å². The van der Waals surface area contributed by atoms with Gasteiger partial charge in [0, 0.05) is 19.1 Å². The zero-order valence-electron chi connectivity index (χ0n) is 15.3. The summed E-state index contributed by atoms with van der Waals surface area (Å²) in [5, 5.41) is 2.79.